The van der Waals surface area contributed by atoms with Crippen LogP contribution in [-0.2, 0) is 11.3 Å². The Morgan fingerprint density at radius 2 is 1.54 bits per heavy atom. The Labute approximate surface area is 204 Å². The van der Waals surface area contributed by atoms with Crippen LogP contribution in [-0.4, -0.2) is 25.5 Å². The SMILES string of the molecule is Cc1cc(OCCOC(=O)c2ccccc2)ccc1-c1cccc(COc2ccc(C=O)cc2)c1. The Balaban J connectivity index is 1.32. The second kappa shape index (κ2) is 11.7. The van der Waals surface area contributed by atoms with Crippen molar-refractivity contribution in [2.45, 2.75) is 13.5 Å². The lowest BCUT2D eigenvalue weighted by Gasteiger charge is -2.12. The summed E-state index contributed by atoms with van der Waals surface area (Å²) in [5.41, 5.74) is 5.45. The van der Waals surface area contributed by atoms with Crippen LogP contribution in [0, 0.1) is 6.92 Å². The van der Waals surface area contributed by atoms with E-state index in [0.717, 1.165) is 34.3 Å². The molecule has 5 nitrogen and oxygen atoms in total. The molecule has 0 aliphatic carbocycles. The van der Waals surface area contributed by atoms with Crippen LogP contribution in [0.4, 0.5) is 0 Å². The first-order valence-electron chi connectivity index (χ1n) is 11.4. The highest BCUT2D eigenvalue weighted by Crippen LogP contribution is 2.28. The van der Waals surface area contributed by atoms with E-state index in [9.17, 15) is 9.59 Å². The molecule has 4 aromatic rings. The van der Waals surface area contributed by atoms with Crippen LogP contribution in [0.2, 0.25) is 0 Å². The molecule has 4 rings (SSSR count). The van der Waals surface area contributed by atoms with Gasteiger partial charge in [0.05, 0.1) is 5.56 Å². The summed E-state index contributed by atoms with van der Waals surface area (Å²) in [4.78, 5) is 22.8. The summed E-state index contributed by atoms with van der Waals surface area (Å²) in [7, 11) is 0. The molecular weight excluding hydrogens is 440 g/mol. The van der Waals surface area contributed by atoms with E-state index in [1.165, 1.54) is 0 Å². The molecule has 0 unspecified atom stereocenters. The number of esters is 1. The van der Waals surface area contributed by atoms with Crippen molar-refractivity contribution in [3.05, 3.63) is 119 Å². The number of aryl methyl sites for hydroxylation is 1. The van der Waals surface area contributed by atoms with E-state index < -0.39 is 0 Å². The fourth-order valence-electron chi connectivity index (χ4n) is 3.64. The summed E-state index contributed by atoms with van der Waals surface area (Å²) >= 11 is 0. The van der Waals surface area contributed by atoms with Gasteiger partial charge in [0, 0.05) is 5.56 Å². The third kappa shape index (κ3) is 6.58. The lowest BCUT2D eigenvalue weighted by molar-refractivity contribution is 0.0450. The van der Waals surface area contributed by atoms with Crippen LogP contribution in [0.25, 0.3) is 11.1 Å². The van der Waals surface area contributed by atoms with E-state index >= 15 is 0 Å². The molecule has 0 fully saturated rings. The standard InChI is InChI=1S/C30H26O5/c1-22-18-28(33-16-17-34-30(32)25-7-3-2-4-8-25)14-15-29(22)26-9-5-6-24(19-26)21-35-27-12-10-23(20-31)11-13-27/h2-15,18-20H,16-17,21H2,1H3. The zero-order chi connectivity index (χ0) is 24.5. The number of carbonyl (C=O) groups excluding carboxylic acids is 2. The Kier molecular flexibility index (Phi) is 7.92. The highest BCUT2D eigenvalue weighted by atomic mass is 16.6. The van der Waals surface area contributed by atoms with Crippen molar-refractivity contribution in [3.8, 4) is 22.6 Å². The van der Waals surface area contributed by atoms with E-state index in [1.54, 1.807) is 48.5 Å². The first kappa shape index (κ1) is 23.8. The first-order chi connectivity index (χ1) is 17.1. The van der Waals surface area contributed by atoms with E-state index in [1.807, 2.05) is 43.3 Å². The van der Waals surface area contributed by atoms with Crippen molar-refractivity contribution in [2.75, 3.05) is 13.2 Å². The molecule has 0 radical (unpaired) electrons. The second-order valence-corrected chi connectivity index (χ2v) is 8.00. The van der Waals surface area contributed by atoms with E-state index in [4.69, 9.17) is 14.2 Å². The Hall–Kier alpha value is -4.38. The van der Waals surface area contributed by atoms with Gasteiger partial charge in [-0.3, -0.25) is 4.79 Å². The van der Waals surface area contributed by atoms with Crippen LogP contribution in [0.15, 0.2) is 97.1 Å². The molecule has 5 heteroatoms. The predicted octanol–water partition coefficient (Wildman–Crippen LogP) is 6.29. The molecule has 0 atom stereocenters. The topological polar surface area (TPSA) is 61.8 Å². The van der Waals surface area contributed by atoms with E-state index in [-0.39, 0.29) is 19.2 Å². The molecule has 0 aromatic heterocycles. The van der Waals surface area contributed by atoms with Gasteiger partial charge < -0.3 is 14.2 Å². The van der Waals surface area contributed by atoms with Gasteiger partial charge in [-0.2, -0.15) is 0 Å². The lowest BCUT2D eigenvalue weighted by Crippen LogP contribution is -2.12. The normalized spacial score (nSPS) is 10.4. The highest BCUT2D eigenvalue weighted by molar-refractivity contribution is 5.89. The number of benzene rings is 4. The maximum Gasteiger partial charge on any atom is 0.338 e. The summed E-state index contributed by atoms with van der Waals surface area (Å²) in [6, 6.07) is 30.1. The number of hydrogen-bond donors (Lipinski definition) is 0. The van der Waals surface area contributed by atoms with Gasteiger partial charge in [-0.25, -0.2) is 4.79 Å². The van der Waals surface area contributed by atoms with Gasteiger partial charge in [-0.05, 0) is 83.8 Å². The molecule has 35 heavy (non-hydrogen) atoms. The fraction of sp³-hybridized carbons (Fsp3) is 0.133. The van der Waals surface area contributed by atoms with Crippen LogP contribution in [0.5, 0.6) is 11.5 Å². The van der Waals surface area contributed by atoms with Gasteiger partial charge in [-0.15, -0.1) is 0 Å². The summed E-state index contributed by atoms with van der Waals surface area (Å²) in [5, 5.41) is 0. The van der Waals surface area contributed by atoms with Crippen LogP contribution < -0.4 is 9.47 Å². The summed E-state index contributed by atoms with van der Waals surface area (Å²) < 4.78 is 16.9. The maximum absolute atomic E-state index is 12.0. The molecule has 0 bridgehead atoms. The van der Waals surface area contributed by atoms with Crippen molar-refractivity contribution >= 4 is 12.3 Å². The fourth-order valence-corrected chi connectivity index (χ4v) is 3.64. The predicted molar refractivity (Wildman–Crippen MR) is 135 cm³/mol. The van der Waals surface area contributed by atoms with Gasteiger partial charge in [0.2, 0.25) is 0 Å². The van der Waals surface area contributed by atoms with Crippen molar-refractivity contribution in [2.24, 2.45) is 0 Å². The molecule has 0 saturated heterocycles. The number of hydrogen-bond acceptors (Lipinski definition) is 5. The van der Waals surface area contributed by atoms with Crippen molar-refractivity contribution in [3.63, 3.8) is 0 Å². The molecule has 4 aromatic carbocycles. The van der Waals surface area contributed by atoms with Crippen LogP contribution in [0.3, 0.4) is 0 Å². The molecule has 176 valence electrons. The summed E-state index contributed by atoms with van der Waals surface area (Å²) in [6.07, 6.45) is 0.812. The first-order valence-corrected chi connectivity index (χ1v) is 11.4. The Bertz CT molecular complexity index is 1280. The third-order valence-corrected chi connectivity index (χ3v) is 5.45. The number of carbonyl (C=O) groups is 2. The minimum atomic E-state index is -0.359. The van der Waals surface area contributed by atoms with E-state index in [2.05, 4.69) is 12.1 Å². The molecular formula is C30H26O5. The summed E-state index contributed by atoms with van der Waals surface area (Å²) in [5.74, 6) is 1.08. The average molecular weight is 467 g/mol. The van der Waals surface area contributed by atoms with Gasteiger partial charge in [0.1, 0.15) is 37.6 Å². The molecule has 0 N–H and O–H groups in total. The minimum Gasteiger partial charge on any atom is -0.490 e. The number of ether oxygens (including phenoxy) is 3. The maximum atomic E-state index is 12.0. The molecule has 0 aliphatic rings. The van der Waals surface area contributed by atoms with Gasteiger partial charge in [0.25, 0.3) is 0 Å². The highest BCUT2D eigenvalue weighted by Gasteiger charge is 2.08. The van der Waals surface area contributed by atoms with Crippen LogP contribution in [0.1, 0.15) is 31.8 Å². The van der Waals surface area contributed by atoms with Crippen molar-refractivity contribution in [1.29, 1.82) is 0 Å². The van der Waals surface area contributed by atoms with Gasteiger partial charge in [0.15, 0.2) is 0 Å². The second-order valence-electron chi connectivity index (χ2n) is 8.00. The zero-order valence-corrected chi connectivity index (χ0v) is 19.5. The molecule has 0 aliphatic heterocycles. The van der Waals surface area contributed by atoms with Gasteiger partial charge >= 0.3 is 5.97 Å². The zero-order valence-electron chi connectivity index (χ0n) is 19.5. The third-order valence-electron chi connectivity index (χ3n) is 5.45. The Morgan fingerprint density at radius 3 is 2.29 bits per heavy atom. The smallest absolute Gasteiger partial charge is 0.338 e. The number of rotatable bonds is 10. The average Bonchev–Trinajstić information content (AvgIpc) is 2.91. The molecule has 0 saturated carbocycles. The molecule has 0 heterocycles. The summed E-state index contributed by atoms with van der Waals surface area (Å²) in [6.45, 7) is 2.91. The number of aldehydes is 1. The monoisotopic (exact) mass is 466 g/mol. The van der Waals surface area contributed by atoms with Crippen molar-refractivity contribution < 1.29 is 23.8 Å². The molecule has 0 spiro atoms. The minimum absolute atomic E-state index is 0.175. The quantitative estimate of drug-likeness (QED) is 0.156. The van der Waals surface area contributed by atoms with Crippen molar-refractivity contribution in [1.82, 2.24) is 0 Å². The Morgan fingerprint density at radius 1 is 0.771 bits per heavy atom. The van der Waals surface area contributed by atoms with Gasteiger partial charge in [-0.1, -0.05) is 42.5 Å². The molecule has 0 amide bonds. The lowest BCUT2D eigenvalue weighted by atomic mass is 9.99. The van der Waals surface area contributed by atoms with E-state index in [0.29, 0.717) is 23.5 Å². The largest absolute Gasteiger partial charge is 0.490 e. The van der Waals surface area contributed by atoms with Crippen LogP contribution >= 0.6 is 0 Å².